The summed E-state index contributed by atoms with van der Waals surface area (Å²) in [6.07, 6.45) is -3.64. The van der Waals surface area contributed by atoms with Crippen molar-refractivity contribution in [3.63, 3.8) is 0 Å². The van der Waals surface area contributed by atoms with E-state index in [4.69, 9.17) is 9.47 Å². The Morgan fingerprint density at radius 2 is 1.72 bits per heavy atom. The second-order valence-electron chi connectivity index (χ2n) is 7.08. The molecule has 1 atom stereocenters. The first-order chi connectivity index (χ1) is 13.7. The zero-order valence-electron chi connectivity index (χ0n) is 15.7. The summed E-state index contributed by atoms with van der Waals surface area (Å²) in [7, 11) is -4.35. The molecule has 5 nitrogen and oxygen atoms in total. The summed E-state index contributed by atoms with van der Waals surface area (Å²) < 4.78 is 79.1. The van der Waals surface area contributed by atoms with Crippen LogP contribution < -0.4 is 9.47 Å². The average Bonchev–Trinajstić information content (AvgIpc) is 2.91. The third-order valence-electron chi connectivity index (χ3n) is 5.27. The predicted octanol–water partition coefficient (Wildman–Crippen LogP) is 4.17. The average molecular weight is 427 g/mol. The SMILES string of the molecule is C[C@H]1c2cc3c(cc2CCN1S(=O)(=O)c1ccccc1C(F)(F)F)OCCCO3. The molecule has 0 amide bonds. The van der Waals surface area contributed by atoms with Crippen LogP contribution in [0.5, 0.6) is 11.5 Å². The molecule has 2 aliphatic heterocycles. The fourth-order valence-electron chi connectivity index (χ4n) is 3.83. The van der Waals surface area contributed by atoms with Gasteiger partial charge < -0.3 is 9.47 Å². The van der Waals surface area contributed by atoms with Gasteiger partial charge in [-0.3, -0.25) is 0 Å². The highest BCUT2D eigenvalue weighted by Crippen LogP contribution is 2.42. The van der Waals surface area contributed by atoms with Gasteiger partial charge in [0.25, 0.3) is 0 Å². The first-order valence-electron chi connectivity index (χ1n) is 9.30. The van der Waals surface area contributed by atoms with E-state index in [2.05, 4.69) is 0 Å². The number of hydrogen-bond donors (Lipinski definition) is 0. The largest absolute Gasteiger partial charge is 0.490 e. The molecule has 2 aliphatic rings. The lowest BCUT2D eigenvalue weighted by Gasteiger charge is -2.35. The van der Waals surface area contributed by atoms with Crippen molar-refractivity contribution >= 4 is 10.0 Å². The second kappa shape index (κ2) is 7.21. The first kappa shape index (κ1) is 20.0. The molecule has 2 aromatic rings. The molecule has 0 saturated heterocycles. The highest BCUT2D eigenvalue weighted by atomic mass is 32.2. The van der Waals surface area contributed by atoms with E-state index in [-0.39, 0.29) is 6.54 Å². The van der Waals surface area contributed by atoms with Crippen molar-refractivity contribution in [2.45, 2.75) is 36.9 Å². The van der Waals surface area contributed by atoms with Gasteiger partial charge in [-0.15, -0.1) is 0 Å². The maximum Gasteiger partial charge on any atom is 0.417 e. The predicted molar refractivity (Wildman–Crippen MR) is 99.5 cm³/mol. The molecule has 2 heterocycles. The lowest BCUT2D eigenvalue weighted by atomic mass is 9.94. The summed E-state index contributed by atoms with van der Waals surface area (Å²) in [6, 6.07) is 7.24. The van der Waals surface area contributed by atoms with Crippen LogP contribution in [-0.4, -0.2) is 32.5 Å². The van der Waals surface area contributed by atoms with Crippen molar-refractivity contribution < 1.29 is 31.1 Å². The number of halogens is 3. The van der Waals surface area contributed by atoms with Gasteiger partial charge in [0.05, 0.1) is 23.7 Å². The zero-order valence-corrected chi connectivity index (χ0v) is 16.5. The van der Waals surface area contributed by atoms with Gasteiger partial charge in [0.1, 0.15) is 0 Å². The maximum atomic E-state index is 13.4. The van der Waals surface area contributed by atoms with E-state index in [1.165, 1.54) is 12.1 Å². The number of benzene rings is 2. The van der Waals surface area contributed by atoms with Crippen molar-refractivity contribution in [3.8, 4) is 11.5 Å². The first-order valence-corrected chi connectivity index (χ1v) is 10.7. The number of hydrogen-bond acceptors (Lipinski definition) is 4. The highest BCUT2D eigenvalue weighted by Gasteiger charge is 2.41. The molecule has 156 valence electrons. The number of rotatable bonds is 2. The summed E-state index contributed by atoms with van der Waals surface area (Å²) in [4.78, 5) is -0.725. The molecule has 0 unspecified atom stereocenters. The Bertz CT molecular complexity index is 1040. The topological polar surface area (TPSA) is 55.8 Å². The molecule has 4 rings (SSSR count). The van der Waals surface area contributed by atoms with Crippen LogP contribution in [0.4, 0.5) is 13.2 Å². The van der Waals surface area contributed by atoms with E-state index >= 15 is 0 Å². The fourth-order valence-corrected chi connectivity index (χ4v) is 5.66. The highest BCUT2D eigenvalue weighted by molar-refractivity contribution is 7.89. The molecule has 29 heavy (non-hydrogen) atoms. The van der Waals surface area contributed by atoms with Gasteiger partial charge in [-0.05, 0) is 48.7 Å². The Kier molecular flexibility index (Phi) is 4.98. The molecule has 0 N–H and O–H groups in total. The van der Waals surface area contributed by atoms with Crippen molar-refractivity contribution in [1.82, 2.24) is 4.31 Å². The fraction of sp³-hybridized carbons (Fsp3) is 0.400. The van der Waals surface area contributed by atoms with Crippen molar-refractivity contribution in [3.05, 3.63) is 53.1 Å². The Morgan fingerprint density at radius 1 is 1.07 bits per heavy atom. The van der Waals surface area contributed by atoms with Crippen molar-refractivity contribution in [2.75, 3.05) is 19.8 Å². The molecule has 0 aromatic heterocycles. The molecule has 0 aliphatic carbocycles. The summed E-state index contributed by atoms with van der Waals surface area (Å²) in [5.74, 6) is 1.15. The summed E-state index contributed by atoms with van der Waals surface area (Å²) in [5, 5.41) is 0. The third-order valence-corrected chi connectivity index (χ3v) is 7.30. The van der Waals surface area contributed by atoms with Crippen LogP contribution in [0.3, 0.4) is 0 Å². The van der Waals surface area contributed by atoms with Crippen molar-refractivity contribution in [1.29, 1.82) is 0 Å². The van der Waals surface area contributed by atoms with Gasteiger partial charge in [-0.25, -0.2) is 8.42 Å². The van der Waals surface area contributed by atoms with Gasteiger partial charge >= 0.3 is 6.18 Å². The quantitative estimate of drug-likeness (QED) is 0.722. The van der Waals surface area contributed by atoms with Crippen LogP contribution in [0.2, 0.25) is 0 Å². The van der Waals surface area contributed by atoms with E-state index in [0.29, 0.717) is 36.7 Å². The molecule has 0 spiro atoms. The minimum absolute atomic E-state index is 0.0857. The Balaban J connectivity index is 1.75. The Hall–Kier alpha value is -2.26. The number of nitrogens with zero attached hydrogens (tertiary/aromatic N) is 1. The third kappa shape index (κ3) is 3.57. The van der Waals surface area contributed by atoms with Gasteiger partial charge in [0.15, 0.2) is 11.5 Å². The number of fused-ring (bicyclic) bond motifs is 2. The molecule has 0 bridgehead atoms. The summed E-state index contributed by atoms with van der Waals surface area (Å²) in [6.45, 7) is 2.79. The van der Waals surface area contributed by atoms with Gasteiger partial charge in [0.2, 0.25) is 10.0 Å². The monoisotopic (exact) mass is 427 g/mol. The lowest BCUT2D eigenvalue weighted by Crippen LogP contribution is -2.39. The Labute approximate surface area is 167 Å². The van der Waals surface area contributed by atoms with E-state index in [1.54, 1.807) is 13.0 Å². The molecular formula is C20H20F3NO4S. The minimum atomic E-state index is -4.76. The molecule has 9 heteroatoms. The number of ether oxygens (including phenoxy) is 2. The second-order valence-corrected chi connectivity index (χ2v) is 8.94. The van der Waals surface area contributed by atoms with Gasteiger partial charge in [-0.2, -0.15) is 17.5 Å². The number of sulfonamides is 1. The van der Waals surface area contributed by atoms with Crippen LogP contribution in [0.1, 0.15) is 36.1 Å². The van der Waals surface area contributed by atoms with Gasteiger partial charge in [-0.1, -0.05) is 12.1 Å². The van der Waals surface area contributed by atoms with Crippen LogP contribution in [0, 0.1) is 0 Å². The van der Waals surface area contributed by atoms with E-state index < -0.39 is 32.7 Å². The lowest BCUT2D eigenvalue weighted by molar-refractivity contribution is -0.139. The summed E-state index contributed by atoms with van der Waals surface area (Å²) in [5.41, 5.74) is 0.475. The van der Waals surface area contributed by atoms with Crippen LogP contribution in [0.15, 0.2) is 41.3 Å². The molecular weight excluding hydrogens is 407 g/mol. The smallest absolute Gasteiger partial charge is 0.417 e. The molecule has 0 radical (unpaired) electrons. The van der Waals surface area contributed by atoms with E-state index in [9.17, 15) is 21.6 Å². The molecule has 0 fully saturated rings. The normalized spacial score (nSPS) is 20.1. The molecule has 2 aromatic carbocycles. The van der Waals surface area contributed by atoms with Crippen LogP contribution in [0.25, 0.3) is 0 Å². The zero-order chi connectivity index (χ0) is 20.8. The van der Waals surface area contributed by atoms with E-state index in [1.807, 2.05) is 6.07 Å². The van der Waals surface area contributed by atoms with E-state index in [0.717, 1.165) is 28.4 Å². The number of alkyl halides is 3. The van der Waals surface area contributed by atoms with Crippen molar-refractivity contribution in [2.24, 2.45) is 0 Å². The minimum Gasteiger partial charge on any atom is -0.490 e. The van der Waals surface area contributed by atoms with Gasteiger partial charge in [0, 0.05) is 19.0 Å². The standard InChI is InChI=1S/C20H20F3NO4S/c1-13-15-12-18-17(27-9-4-10-28-18)11-14(15)7-8-24(13)29(25,26)19-6-3-2-5-16(19)20(21,22)23/h2-3,5-6,11-13H,4,7-10H2,1H3/t13-/m0/s1. The Morgan fingerprint density at radius 3 is 2.41 bits per heavy atom. The maximum absolute atomic E-state index is 13.4. The van der Waals surface area contributed by atoms with Crippen LogP contribution >= 0.6 is 0 Å². The summed E-state index contributed by atoms with van der Waals surface area (Å²) >= 11 is 0. The molecule has 0 saturated carbocycles. The van der Waals surface area contributed by atoms with Crippen LogP contribution in [-0.2, 0) is 22.6 Å².